The number of anilines is 1. The fourth-order valence-corrected chi connectivity index (χ4v) is 3.32. The van der Waals surface area contributed by atoms with Crippen molar-refractivity contribution in [2.24, 2.45) is 0 Å². The second-order valence-electron chi connectivity index (χ2n) is 4.24. The molecule has 0 atom stereocenters. The summed E-state index contributed by atoms with van der Waals surface area (Å²) in [5.74, 6) is -0.631. The van der Waals surface area contributed by atoms with E-state index in [-0.39, 0.29) is 4.90 Å². The van der Waals surface area contributed by atoms with Crippen molar-refractivity contribution in [3.05, 3.63) is 59.1 Å². The molecule has 5 nitrogen and oxygen atoms in total. The van der Waals surface area contributed by atoms with Crippen LogP contribution in [0.5, 0.6) is 0 Å². The summed E-state index contributed by atoms with van der Waals surface area (Å²) in [6, 6.07) is 14.2. The Kier molecular flexibility index (Phi) is 4.64. The van der Waals surface area contributed by atoms with E-state index in [4.69, 9.17) is 0 Å². The molecule has 1 amide bonds. The van der Waals surface area contributed by atoms with Crippen LogP contribution in [-0.2, 0) is 9.84 Å². The smallest absolute Gasteiger partial charge is 0.412 e. The molecule has 1 N–H and O–H groups in total. The van der Waals surface area contributed by atoms with Gasteiger partial charge in [-0.25, -0.2) is 13.2 Å². The zero-order chi connectivity index (χ0) is 15.5. The summed E-state index contributed by atoms with van der Waals surface area (Å²) in [6.07, 6.45) is -1.32. The maximum Gasteiger partial charge on any atom is 0.412 e. The molecule has 0 aromatic heterocycles. The molecule has 2 aromatic carbocycles. The van der Waals surface area contributed by atoms with Gasteiger partial charge in [0.25, 0.3) is 0 Å². The van der Waals surface area contributed by atoms with E-state index < -0.39 is 21.8 Å². The molecule has 0 saturated carbocycles. The molecule has 21 heavy (non-hydrogen) atoms. The Morgan fingerprint density at radius 3 is 2.14 bits per heavy atom. The summed E-state index contributed by atoms with van der Waals surface area (Å²) in [5, 5.41) is 9.26. The lowest BCUT2D eigenvalue weighted by Gasteiger charge is -2.19. The van der Waals surface area contributed by atoms with Crippen LogP contribution in [0, 0.1) is 0 Å². The lowest BCUT2D eigenvalue weighted by atomic mass is 10.3. The molecule has 0 unspecified atom stereocenters. The van der Waals surface area contributed by atoms with Gasteiger partial charge in [0.1, 0.15) is 5.88 Å². The lowest BCUT2D eigenvalue weighted by Crippen LogP contribution is -2.34. The average molecular weight is 370 g/mol. The van der Waals surface area contributed by atoms with Gasteiger partial charge in [-0.1, -0.05) is 34.1 Å². The van der Waals surface area contributed by atoms with Gasteiger partial charge < -0.3 is 5.11 Å². The van der Waals surface area contributed by atoms with E-state index in [0.29, 0.717) is 5.69 Å². The van der Waals surface area contributed by atoms with Crippen LogP contribution in [0.3, 0.4) is 0 Å². The summed E-state index contributed by atoms with van der Waals surface area (Å²) in [5.41, 5.74) is 0.296. The molecule has 0 heterocycles. The number of halogens is 1. The first-order chi connectivity index (χ1) is 9.90. The van der Waals surface area contributed by atoms with Crippen LogP contribution in [-0.4, -0.2) is 25.5 Å². The zero-order valence-electron chi connectivity index (χ0n) is 10.8. The third-order valence-electron chi connectivity index (χ3n) is 2.77. The minimum absolute atomic E-state index is 0.0911. The molecule has 0 saturated heterocycles. The van der Waals surface area contributed by atoms with Gasteiger partial charge in [-0.2, -0.15) is 0 Å². The van der Waals surface area contributed by atoms with Gasteiger partial charge in [0, 0.05) is 10.2 Å². The number of carboxylic acid groups (broad SMARTS) is 1. The minimum Gasteiger partial charge on any atom is -0.465 e. The van der Waals surface area contributed by atoms with E-state index in [2.05, 4.69) is 15.9 Å². The topological polar surface area (TPSA) is 74.7 Å². The first kappa shape index (κ1) is 15.5. The second kappa shape index (κ2) is 6.28. The van der Waals surface area contributed by atoms with Crippen LogP contribution < -0.4 is 4.90 Å². The highest BCUT2D eigenvalue weighted by Gasteiger charge is 2.24. The fourth-order valence-electron chi connectivity index (χ4n) is 1.73. The molecule has 0 fully saturated rings. The molecular weight excluding hydrogens is 358 g/mol. The summed E-state index contributed by atoms with van der Waals surface area (Å²) >= 11 is 3.25. The van der Waals surface area contributed by atoms with Crippen molar-refractivity contribution in [1.29, 1.82) is 0 Å². The monoisotopic (exact) mass is 369 g/mol. The largest absolute Gasteiger partial charge is 0.465 e. The summed E-state index contributed by atoms with van der Waals surface area (Å²) < 4.78 is 25.3. The number of sulfone groups is 1. The summed E-state index contributed by atoms with van der Waals surface area (Å²) in [4.78, 5) is 12.2. The normalized spacial score (nSPS) is 11.1. The van der Waals surface area contributed by atoms with Crippen molar-refractivity contribution >= 4 is 37.5 Å². The van der Waals surface area contributed by atoms with E-state index in [1.54, 1.807) is 42.5 Å². The molecule has 0 bridgehead atoms. The highest BCUT2D eigenvalue weighted by Crippen LogP contribution is 2.21. The van der Waals surface area contributed by atoms with Gasteiger partial charge in [0.15, 0.2) is 9.84 Å². The van der Waals surface area contributed by atoms with E-state index >= 15 is 0 Å². The van der Waals surface area contributed by atoms with Gasteiger partial charge in [-0.3, -0.25) is 4.90 Å². The third kappa shape index (κ3) is 3.83. The number of amides is 1. The van der Waals surface area contributed by atoms with E-state index in [0.717, 1.165) is 9.37 Å². The van der Waals surface area contributed by atoms with E-state index in [9.17, 15) is 18.3 Å². The molecule has 0 aliphatic heterocycles. The Labute approximate surface area is 130 Å². The molecule has 2 rings (SSSR count). The van der Waals surface area contributed by atoms with Crippen LogP contribution in [0.1, 0.15) is 0 Å². The molecule has 2 aromatic rings. The molecule has 0 aliphatic rings. The van der Waals surface area contributed by atoms with Crippen LogP contribution in [0.2, 0.25) is 0 Å². The summed E-state index contributed by atoms with van der Waals surface area (Å²) in [6.45, 7) is 0. The second-order valence-corrected chi connectivity index (χ2v) is 7.12. The number of carbonyl (C=O) groups is 1. The van der Waals surface area contributed by atoms with Crippen molar-refractivity contribution in [3.63, 3.8) is 0 Å². The van der Waals surface area contributed by atoms with Gasteiger partial charge in [0.05, 0.1) is 4.90 Å². The summed E-state index contributed by atoms with van der Waals surface area (Å²) in [7, 11) is -3.73. The zero-order valence-corrected chi connectivity index (χ0v) is 13.2. The minimum atomic E-state index is -3.73. The van der Waals surface area contributed by atoms with E-state index in [1.165, 1.54) is 12.1 Å². The Bertz CT molecular complexity index is 729. The SMILES string of the molecule is O=C(O)N(CS(=O)(=O)c1ccccc1)c1ccc(Br)cc1. The molecule has 0 aliphatic carbocycles. The maximum atomic E-state index is 12.3. The van der Waals surface area contributed by atoms with Crippen LogP contribution in [0.25, 0.3) is 0 Å². The van der Waals surface area contributed by atoms with Crippen molar-refractivity contribution in [3.8, 4) is 0 Å². The standard InChI is InChI=1S/C14H12BrNO4S/c15-11-6-8-12(9-7-11)16(14(17)18)10-21(19,20)13-4-2-1-3-5-13/h1-9H,10H2,(H,17,18). The van der Waals surface area contributed by atoms with E-state index in [1.807, 2.05) is 0 Å². The highest BCUT2D eigenvalue weighted by molar-refractivity contribution is 9.10. The Balaban J connectivity index is 2.33. The Hall–Kier alpha value is -1.86. The molecule has 0 spiro atoms. The number of rotatable bonds is 4. The highest BCUT2D eigenvalue weighted by atomic mass is 79.9. The van der Waals surface area contributed by atoms with Crippen LogP contribution >= 0.6 is 15.9 Å². The van der Waals surface area contributed by atoms with Gasteiger partial charge >= 0.3 is 6.09 Å². The first-order valence-corrected chi connectivity index (χ1v) is 8.38. The van der Waals surface area contributed by atoms with Crippen molar-refractivity contribution in [2.45, 2.75) is 4.90 Å². The Morgan fingerprint density at radius 1 is 1.05 bits per heavy atom. The first-order valence-electron chi connectivity index (χ1n) is 5.94. The quantitative estimate of drug-likeness (QED) is 0.896. The van der Waals surface area contributed by atoms with Gasteiger partial charge in [-0.15, -0.1) is 0 Å². The predicted octanol–water partition coefficient (Wildman–Crippen LogP) is 3.36. The van der Waals surface area contributed by atoms with Crippen molar-refractivity contribution in [2.75, 3.05) is 10.8 Å². The lowest BCUT2D eigenvalue weighted by molar-refractivity contribution is 0.203. The molecule has 0 radical (unpaired) electrons. The molecular formula is C14H12BrNO4S. The number of benzene rings is 2. The maximum absolute atomic E-state index is 12.3. The predicted molar refractivity (Wildman–Crippen MR) is 83.1 cm³/mol. The third-order valence-corrected chi connectivity index (χ3v) is 4.89. The molecule has 110 valence electrons. The van der Waals surface area contributed by atoms with Gasteiger partial charge in [0.2, 0.25) is 0 Å². The van der Waals surface area contributed by atoms with Crippen molar-refractivity contribution < 1.29 is 18.3 Å². The van der Waals surface area contributed by atoms with Gasteiger partial charge in [-0.05, 0) is 36.4 Å². The number of hydrogen-bond acceptors (Lipinski definition) is 3. The van der Waals surface area contributed by atoms with Crippen LogP contribution in [0.4, 0.5) is 10.5 Å². The fraction of sp³-hybridized carbons (Fsp3) is 0.0714. The Morgan fingerprint density at radius 2 is 1.62 bits per heavy atom. The molecule has 7 heteroatoms. The van der Waals surface area contributed by atoms with Crippen LogP contribution in [0.15, 0.2) is 64.0 Å². The van der Waals surface area contributed by atoms with Crippen molar-refractivity contribution in [1.82, 2.24) is 0 Å². The number of hydrogen-bond donors (Lipinski definition) is 1. The average Bonchev–Trinajstić information content (AvgIpc) is 2.47. The number of nitrogens with zero attached hydrogens (tertiary/aromatic N) is 1.